The Morgan fingerprint density at radius 3 is 2.59 bits per heavy atom. The van der Waals surface area contributed by atoms with Crippen molar-refractivity contribution in [3.63, 3.8) is 0 Å². The summed E-state index contributed by atoms with van der Waals surface area (Å²) in [6.07, 6.45) is 1.13. The van der Waals surface area contributed by atoms with Gasteiger partial charge in [-0.05, 0) is 30.5 Å². The Morgan fingerprint density at radius 2 is 2.06 bits per heavy atom. The second-order valence-electron chi connectivity index (χ2n) is 4.07. The van der Waals surface area contributed by atoms with Crippen molar-refractivity contribution in [2.45, 2.75) is 38.8 Å². The molecule has 0 radical (unpaired) electrons. The molecule has 1 aromatic rings. The molecule has 0 fully saturated rings. The number of carbonyl (C=O) groups is 1. The van der Waals surface area contributed by atoms with Gasteiger partial charge in [0.25, 0.3) is 0 Å². The lowest BCUT2D eigenvalue weighted by molar-refractivity contribution is -0.151. The van der Waals surface area contributed by atoms with Gasteiger partial charge in [-0.25, -0.2) is 0 Å². The van der Waals surface area contributed by atoms with Crippen molar-refractivity contribution < 1.29 is 9.53 Å². The molecule has 0 aliphatic carbocycles. The van der Waals surface area contributed by atoms with Crippen molar-refractivity contribution in [2.24, 2.45) is 5.73 Å². The minimum atomic E-state index is -0.876. The zero-order valence-electron chi connectivity index (χ0n) is 10.2. The second kappa shape index (κ2) is 6.03. The molecular weight excluding hydrogens is 238 g/mol. The molecular formula is C13H18ClNO2. The van der Waals surface area contributed by atoms with Gasteiger partial charge in [0.2, 0.25) is 0 Å². The van der Waals surface area contributed by atoms with Gasteiger partial charge in [-0.2, -0.15) is 0 Å². The Bertz CT molecular complexity index is 389. The van der Waals surface area contributed by atoms with Gasteiger partial charge in [-0.15, -0.1) is 0 Å². The summed E-state index contributed by atoms with van der Waals surface area (Å²) in [6, 6.07) is 7.22. The van der Waals surface area contributed by atoms with Gasteiger partial charge in [0.1, 0.15) is 12.1 Å². The Labute approximate surface area is 107 Å². The lowest BCUT2D eigenvalue weighted by Crippen LogP contribution is -2.47. The summed E-state index contributed by atoms with van der Waals surface area (Å²) >= 11 is 5.84. The predicted molar refractivity (Wildman–Crippen MR) is 68.7 cm³/mol. The number of hydrogen-bond acceptors (Lipinski definition) is 3. The fourth-order valence-electron chi connectivity index (χ4n) is 1.46. The van der Waals surface area contributed by atoms with Gasteiger partial charge in [-0.3, -0.25) is 4.79 Å². The van der Waals surface area contributed by atoms with Crippen LogP contribution in [0.3, 0.4) is 0 Å². The number of hydrogen-bond donors (Lipinski definition) is 1. The van der Waals surface area contributed by atoms with E-state index in [4.69, 9.17) is 22.1 Å². The third kappa shape index (κ3) is 3.72. The molecule has 2 N–H and O–H groups in total. The average Bonchev–Trinajstić information content (AvgIpc) is 2.35. The van der Waals surface area contributed by atoms with E-state index in [2.05, 4.69) is 0 Å². The van der Waals surface area contributed by atoms with Gasteiger partial charge < -0.3 is 10.5 Å². The van der Waals surface area contributed by atoms with Crippen molar-refractivity contribution in [1.82, 2.24) is 0 Å². The average molecular weight is 256 g/mol. The maximum absolute atomic E-state index is 11.8. The number of esters is 1. The molecule has 0 amide bonds. The molecule has 0 atom stereocenters. The van der Waals surface area contributed by atoms with Gasteiger partial charge in [0.05, 0.1) is 0 Å². The Balaban J connectivity index is 2.59. The summed E-state index contributed by atoms with van der Waals surface area (Å²) in [5.41, 5.74) is 5.92. The Kier molecular flexibility index (Phi) is 4.97. The van der Waals surface area contributed by atoms with E-state index in [1.807, 2.05) is 26.0 Å². The fraction of sp³-hybridized carbons (Fsp3) is 0.462. The van der Waals surface area contributed by atoms with E-state index in [1.54, 1.807) is 12.1 Å². The van der Waals surface area contributed by atoms with Crippen molar-refractivity contribution in [2.75, 3.05) is 0 Å². The highest BCUT2D eigenvalue weighted by Gasteiger charge is 2.31. The van der Waals surface area contributed by atoms with Crippen LogP contribution in [0.4, 0.5) is 0 Å². The van der Waals surface area contributed by atoms with E-state index in [1.165, 1.54) is 0 Å². The van der Waals surface area contributed by atoms with E-state index in [-0.39, 0.29) is 12.6 Å². The first-order valence-corrected chi connectivity index (χ1v) is 6.10. The van der Waals surface area contributed by atoms with Crippen molar-refractivity contribution in [1.29, 1.82) is 0 Å². The van der Waals surface area contributed by atoms with Crippen LogP contribution < -0.4 is 5.73 Å². The maximum Gasteiger partial charge on any atom is 0.326 e. The first-order valence-electron chi connectivity index (χ1n) is 5.72. The zero-order valence-corrected chi connectivity index (χ0v) is 11.0. The van der Waals surface area contributed by atoms with Crippen molar-refractivity contribution in [3.8, 4) is 0 Å². The SMILES string of the molecule is CCC(N)(CC)C(=O)OCc1cccc(Cl)c1. The smallest absolute Gasteiger partial charge is 0.326 e. The number of carbonyl (C=O) groups excluding carboxylic acids is 1. The highest BCUT2D eigenvalue weighted by Crippen LogP contribution is 2.16. The first kappa shape index (κ1) is 14.0. The molecule has 0 saturated carbocycles. The van der Waals surface area contributed by atoms with Crippen molar-refractivity contribution >= 4 is 17.6 Å². The van der Waals surface area contributed by atoms with Gasteiger partial charge in [0.15, 0.2) is 0 Å². The normalized spacial score (nSPS) is 11.3. The molecule has 0 bridgehead atoms. The Morgan fingerprint density at radius 1 is 1.41 bits per heavy atom. The number of rotatable bonds is 5. The molecule has 17 heavy (non-hydrogen) atoms. The van der Waals surface area contributed by atoms with Crippen LogP contribution in [0.1, 0.15) is 32.3 Å². The molecule has 3 nitrogen and oxygen atoms in total. The minimum absolute atomic E-state index is 0.207. The van der Waals surface area contributed by atoms with Crippen LogP contribution in [0, 0.1) is 0 Å². The highest BCUT2D eigenvalue weighted by atomic mass is 35.5. The predicted octanol–water partition coefficient (Wildman–Crippen LogP) is 2.90. The summed E-state index contributed by atoms with van der Waals surface area (Å²) in [4.78, 5) is 11.8. The topological polar surface area (TPSA) is 52.3 Å². The monoisotopic (exact) mass is 255 g/mol. The van der Waals surface area contributed by atoms with E-state index in [9.17, 15) is 4.79 Å². The van der Waals surface area contributed by atoms with Gasteiger partial charge >= 0.3 is 5.97 Å². The van der Waals surface area contributed by atoms with Crippen LogP contribution in [-0.2, 0) is 16.1 Å². The zero-order chi connectivity index (χ0) is 12.9. The first-order chi connectivity index (χ1) is 8.01. The maximum atomic E-state index is 11.8. The number of ether oxygens (including phenoxy) is 1. The van der Waals surface area contributed by atoms with Crippen LogP contribution >= 0.6 is 11.6 Å². The number of benzene rings is 1. The van der Waals surface area contributed by atoms with Crippen molar-refractivity contribution in [3.05, 3.63) is 34.9 Å². The Hall–Kier alpha value is -1.06. The molecule has 1 aromatic carbocycles. The molecule has 0 aliphatic heterocycles. The number of halogens is 1. The van der Waals surface area contributed by atoms with E-state index < -0.39 is 5.54 Å². The lowest BCUT2D eigenvalue weighted by Gasteiger charge is -2.23. The van der Waals surface area contributed by atoms with Crippen LogP contribution in [0.25, 0.3) is 0 Å². The molecule has 0 saturated heterocycles. The third-order valence-corrected chi connectivity index (χ3v) is 3.16. The molecule has 0 aromatic heterocycles. The molecule has 4 heteroatoms. The molecule has 94 valence electrons. The summed E-state index contributed by atoms with van der Waals surface area (Å²) in [6.45, 7) is 3.96. The molecule has 0 heterocycles. The van der Waals surface area contributed by atoms with E-state index in [0.29, 0.717) is 17.9 Å². The fourth-order valence-corrected chi connectivity index (χ4v) is 1.67. The quantitative estimate of drug-likeness (QED) is 0.823. The molecule has 0 aliphatic rings. The summed E-state index contributed by atoms with van der Waals surface area (Å²) in [5.74, 6) is -0.359. The lowest BCUT2D eigenvalue weighted by atomic mass is 9.95. The minimum Gasteiger partial charge on any atom is -0.459 e. The summed E-state index contributed by atoms with van der Waals surface area (Å²) in [5, 5.41) is 0.628. The molecule has 0 spiro atoms. The van der Waals surface area contributed by atoms with Gasteiger partial charge in [0, 0.05) is 5.02 Å². The van der Waals surface area contributed by atoms with Gasteiger partial charge in [-0.1, -0.05) is 37.6 Å². The molecule has 0 unspecified atom stereocenters. The van der Waals surface area contributed by atoms with Crippen LogP contribution in [0.2, 0.25) is 5.02 Å². The second-order valence-corrected chi connectivity index (χ2v) is 4.51. The van der Waals surface area contributed by atoms with Crippen LogP contribution in [-0.4, -0.2) is 11.5 Å². The van der Waals surface area contributed by atoms with Crippen LogP contribution in [0.5, 0.6) is 0 Å². The van der Waals surface area contributed by atoms with E-state index in [0.717, 1.165) is 5.56 Å². The van der Waals surface area contributed by atoms with E-state index >= 15 is 0 Å². The molecule has 1 rings (SSSR count). The standard InChI is InChI=1S/C13H18ClNO2/c1-3-13(15,4-2)12(16)17-9-10-6-5-7-11(14)8-10/h5-8H,3-4,9,15H2,1-2H3. The highest BCUT2D eigenvalue weighted by molar-refractivity contribution is 6.30. The summed E-state index contributed by atoms with van der Waals surface area (Å²) < 4.78 is 5.21. The summed E-state index contributed by atoms with van der Waals surface area (Å²) in [7, 11) is 0. The number of nitrogens with two attached hydrogens (primary N) is 1. The largest absolute Gasteiger partial charge is 0.459 e. The third-order valence-electron chi connectivity index (χ3n) is 2.93. The van der Waals surface area contributed by atoms with Crippen LogP contribution in [0.15, 0.2) is 24.3 Å².